The van der Waals surface area contributed by atoms with E-state index in [2.05, 4.69) is 10.3 Å². The molecule has 0 saturated carbocycles. The summed E-state index contributed by atoms with van der Waals surface area (Å²) in [7, 11) is 1.42. The van der Waals surface area contributed by atoms with E-state index in [0.717, 1.165) is 11.1 Å². The molecule has 0 saturated heterocycles. The van der Waals surface area contributed by atoms with Gasteiger partial charge in [0.15, 0.2) is 23.7 Å². The van der Waals surface area contributed by atoms with Crippen molar-refractivity contribution < 1.29 is 18.3 Å². The van der Waals surface area contributed by atoms with E-state index in [1.165, 1.54) is 19.6 Å². The van der Waals surface area contributed by atoms with Gasteiger partial charge in [-0.15, -0.1) is 0 Å². The minimum absolute atomic E-state index is 0.136. The lowest BCUT2D eigenvalue weighted by Crippen LogP contribution is -2.12. The molecule has 0 aliphatic carbocycles. The Kier molecular flexibility index (Phi) is 5.09. The van der Waals surface area contributed by atoms with Crippen molar-refractivity contribution in [3.63, 3.8) is 0 Å². The average Bonchev–Trinajstić information content (AvgIpc) is 3.15. The Morgan fingerprint density at radius 1 is 1.24 bits per heavy atom. The van der Waals surface area contributed by atoms with Gasteiger partial charge in [-0.1, -0.05) is 6.07 Å². The summed E-state index contributed by atoms with van der Waals surface area (Å²) in [6.45, 7) is 0. The minimum atomic E-state index is -0.427. The van der Waals surface area contributed by atoms with Gasteiger partial charge in [-0.25, -0.2) is 9.37 Å². The first-order valence-electron chi connectivity index (χ1n) is 7.77. The minimum Gasteiger partial charge on any atom is -0.494 e. The molecule has 0 bridgehead atoms. The average molecular weight is 340 g/mol. The van der Waals surface area contributed by atoms with Crippen molar-refractivity contribution in [3.05, 3.63) is 66.4 Å². The van der Waals surface area contributed by atoms with Crippen molar-refractivity contribution in [2.24, 2.45) is 0 Å². The van der Waals surface area contributed by atoms with Gasteiger partial charge in [-0.2, -0.15) is 0 Å². The Bertz CT molecular complexity index is 846. The second-order valence-electron chi connectivity index (χ2n) is 5.46. The van der Waals surface area contributed by atoms with Gasteiger partial charge in [0.1, 0.15) is 0 Å². The third-order valence-electron chi connectivity index (χ3n) is 3.74. The highest BCUT2D eigenvalue weighted by molar-refractivity contribution is 5.91. The topological polar surface area (TPSA) is 64.4 Å². The molecule has 5 nitrogen and oxygen atoms in total. The molecule has 1 N–H and O–H groups in total. The van der Waals surface area contributed by atoms with Gasteiger partial charge in [-0.05, 0) is 48.4 Å². The molecule has 128 valence electrons. The Labute approximate surface area is 144 Å². The summed E-state index contributed by atoms with van der Waals surface area (Å²) in [6.07, 6.45) is 3.70. The number of halogens is 1. The summed E-state index contributed by atoms with van der Waals surface area (Å²) >= 11 is 0. The second kappa shape index (κ2) is 7.61. The molecule has 1 amide bonds. The van der Waals surface area contributed by atoms with Crippen molar-refractivity contribution in [1.29, 1.82) is 0 Å². The molecule has 3 aromatic rings. The molecular weight excluding hydrogens is 323 g/mol. The lowest BCUT2D eigenvalue weighted by molar-refractivity contribution is -0.116. The maximum absolute atomic E-state index is 13.6. The monoisotopic (exact) mass is 340 g/mol. The molecule has 0 aliphatic rings. The van der Waals surface area contributed by atoms with Gasteiger partial charge >= 0.3 is 0 Å². The maximum Gasteiger partial charge on any atom is 0.224 e. The van der Waals surface area contributed by atoms with E-state index >= 15 is 0 Å². The van der Waals surface area contributed by atoms with Crippen molar-refractivity contribution >= 4 is 11.6 Å². The van der Waals surface area contributed by atoms with Crippen molar-refractivity contribution in [3.8, 4) is 17.1 Å². The van der Waals surface area contributed by atoms with Crippen LogP contribution in [0.4, 0.5) is 10.1 Å². The number of carbonyl (C=O) groups is 1. The highest BCUT2D eigenvalue weighted by Crippen LogP contribution is 2.21. The summed E-state index contributed by atoms with van der Waals surface area (Å²) in [6, 6.07) is 12.0. The molecule has 1 aromatic heterocycles. The predicted octanol–water partition coefficient (Wildman–Crippen LogP) is 4.06. The van der Waals surface area contributed by atoms with Gasteiger partial charge in [0.05, 0.1) is 13.3 Å². The number of aromatic nitrogens is 1. The van der Waals surface area contributed by atoms with Gasteiger partial charge in [0, 0.05) is 17.7 Å². The van der Waals surface area contributed by atoms with Crippen LogP contribution in [0.5, 0.6) is 5.75 Å². The SMILES string of the molecule is COc1ccc(CCC(=O)Nc2ccc(-c3cnco3)cc2)cc1F. The van der Waals surface area contributed by atoms with Crippen LogP contribution < -0.4 is 10.1 Å². The molecule has 2 aromatic carbocycles. The number of amides is 1. The van der Waals surface area contributed by atoms with Crippen LogP contribution in [0, 0.1) is 5.82 Å². The molecule has 0 unspecified atom stereocenters. The van der Waals surface area contributed by atoms with E-state index in [4.69, 9.17) is 9.15 Å². The highest BCUT2D eigenvalue weighted by atomic mass is 19.1. The molecule has 1 heterocycles. The molecule has 0 spiro atoms. The van der Waals surface area contributed by atoms with Crippen LogP contribution in [0.3, 0.4) is 0 Å². The molecule has 0 aliphatic heterocycles. The zero-order chi connectivity index (χ0) is 17.6. The van der Waals surface area contributed by atoms with E-state index in [-0.39, 0.29) is 18.1 Å². The van der Waals surface area contributed by atoms with Crippen LogP contribution in [0.1, 0.15) is 12.0 Å². The quantitative estimate of drug-likeness (QED) is 0.735. The van der Waals surface area contributed by atoms with E-state index in [1.807, 2.05) is 12.1 Å². The number of rotatable bonds is 6. The largest absolute Gasteiger partial charge is 0.494 e. The molecule has 3 rings (SSSR count). The van der Waals surface area contributed by atoms with Crippen molar-refractivity contribution in [2.45, 2.75) is 12.8 Å². The fraction of sp³-hybridized carbons (Fsp3) is 0.158. The Morgan fingerprint density at radius 3 is 2.68 bits per heavy atom. The first kappa shape index (κ1) is 16.7. The fourth-order valence-electron chi connectivity index (χ4n) is 2.42. The number of aryl methyl sites for hydroxylation is 1. The van der Waals surface area contributed by atoms with Gasteiger partial charge in [0.2, 0.25) is 5.91 Å². The number of hydrogen-bond acceptors (Lipinski definition) is 4. The summed E-state index contributed by atoms with van der Waals surface area (Å²) in [5.41, 5.74) is 2.31. The van der Waals surface area contributed by atoms with Crippen molar-refractivity contribution in [2.75, 3.05) is 12.4 Å². The van der Waals surface area contributed by atoms with Gasteiger partial charge in [0.25, 0.3) is 0 Å². The zero-order valence-electron chi connectivity index (χ0n) is 13.7. The Balaban J connectivity index is 1.55. The normalized spacial score (nSPS) is 10.5. The van der Waals surface area contributed by atoms with E-state index in [0.29, 0.717) is 17.9 Å². The first-order valence-corrected chi connectivity index (χ1v) is 7.77. The molecule has 25 heavy (non-hydrogen) atoms. The van der Waals surface area contributed by atoms with Crippen LogP contribution in [0.15, 0.2) is 59.5 Å². The lowest BCUT2D eigenvalue weighted by atomic mass is 10.1. The third-order valence-corrected chi connectivity index (χ3v) is 3.74. The summed E-state index contributed by atoms with van der Waals surface area (Å²) < 4.78 is 23.7. The molecule has 0 fully saturated rings. The summed E-state index contributed by atoms with van der Waals surface area (Å²) in [4.78, 5) is 15.9. The van der Waals surface area contributed by atoms with E-state index in [9.17, 15) is 9.18 Å². The number of methoxy groups -OCH3 is 1. The number of benzene rings is 2. The molecule has 0 radical (unpaired) electrons. The van der Waals surface area contributed by atoms with E-state index in [1.54, 1.807) is 30.5 Å². The lowest BCUT2D eigenvalue weighted by Gasteiger charge is -2.07. The van der Waals surface area contributed by atoms with Gasteiger partial charge in [-0.3, -0.25) is 4.79 Å². The fourth-order valence-corrected chi connectivity index (χ4v) is 2.42. The van der Waals surface area contributed by atoms with Gasteiger partial charge < -0.3 is 14.5 Å². The number of anilines is 1. The maximum atomic E-state index is 13.6. The zero-order valence-corrected chi connectivity index (χ0v) is 13.7. The van der Waals surface area contributed by atoms with Crippen LogP contribution in [-0.2, 0) is 11.2 Å². The van der Waals surface area contributed by atoms with Crippen LogP contribution in [-0.4, -0.2) is 18.0 Å². The number of oxazole rings is 1. The predicted molar refractivity (Wildman–Crippen MR) is 91.8 cm³/mol. The van der Waals surface area contributed by atoms with E-state index < -0.39 is 5.82 Å². The number of nitrogens with zero attached hydrogens (tertiary/aromatic N) is 1. The van der Waals surface area contributed by atoms with Crippen molar-refractivity contribution in [1.82, 2.24) is 4.98 Å². The first-order chi connectivity index (χ1) is 12.2. The van der Waals surface area contributed by atoms with Crippen LogP contribution >= 0.6 is 0 Å². The molecular formula is C19H17FN2O3. The number of ether oxygens (including phenoxy) is 1. The smallest absolute Gasteiger partial charge is 0.224 e. The third kappa shape index (κ3) is 4.23. The Morgan fingerprint density at radius 2 is 2.04 bits per heavy atom. The van der Waals surface area contributed by atoms with Crippen LogP contribution in [0.2, 0.25) is 0 Å². The van der Waals surface area contributed by atoms with Crippen LogP contribution in [0.25, 0.3) is 11.3 Å². The molecule has 6 heteroatoms. The number of carbonyl (C=O) groups excluding carboxylic acids is 1. The standard InChI is InChI=1S/C19H17FN2O3/c1-24-17-8-2-13(10-16(17)20)3-9-19(23)22-15-6-4-14(5-7-15)18-11-21-12-25-18/h2,4-8,10-12H,3,9H2,1H3,(H,22,23). The summed E-state index contributed by atoms with van der Waals surface area (Å²) in [5.74, 6) is 0.298. The number of nitrogens with one attached hydrogen (secondary N) is 1. The number of hydrogen-bond donors (Lipinski definition) is 1. The highest BCUT2D eigenvalue weighted by Gasteiger charge is 2.07. The second-order valence-corrected chi connectivity index (χ2v) is 5.46. The summed E-state index contributed by atoms with van der Waals surface area (Å²) in [5, 5.41) is 2.82. The Hall–Kier alpha value is -3.15. The molecule has 0 atom stereocenters.